The van der Waals surface area contributed by atoms with E-state index in [0.717, 1.165) is 17.0 Å². The normalized spacial score (nSPS) is 11.9. The number of amides is 1. The minimum Gasteiger partial charge on any atom is -0.497 e. The summed E-state index contributed by atoms with van der Waals surface area (Å²) in [5, 5.41) is 14.7. The number of benzene rings is 3. The van der Waals surface area contributed by atoms with Gasteiger partial charge < -0.3 is 4.74 Å². The van der Waals surface area contributed by atoms with Crippen molar-refractivity contribution in [1.82, 2.24) is 20.2 Å². The number of nitrogens with one attached hydrogen (secondary N) is 1. The first kappa shape index (κ1) is 28.7. The van der Waals surface area contributed by atoms with Crippen LogP contribution in [0.25, 0.3) is 17.1 Å². The molecule has 39 heavy (non-hydrogen) atoms. The van der Waals surface area contributed by atoms with Crippen molar-refractivity contribution in [3.63, 3.8) is 0 Å². The lowest BCUT2D eigenvalue weighted by Gasteiger charge is -2.19. The van der Waals surface area contributed by atoms with Crippen molar-refractivity contribution in [2.45, 2.75) is 38.3 Å². The number of rotatable bonds is 8. The highest BCUT2D eigenvalue weighted by Crippen LogP contribution is 2.31. The number of thioether (sulfide) groups is 1. The molecule has 202 valence electrons. The van der Waals surface area contributed by atoms with E-state index in [-0.39, 0.29) is 17.1 Å². The van der Waals surface area contributed by atoms with Crippen LogP contribution in [0.5, 0.6) is 5.75 Å². The smallest absolute Gasteiger partial charge is 0.250 e. The molecule has 0 saturated heterocycles. The van der Waals surface area contributed by atoms with Gasteiger partial charge in [-0.25, -0.2) is 5.43 Å². The Kier molecular flexibility index (Phi) is 9.00. The predicted molar refractivity (Wildman–Crippen MR) is 160 cm³/mol. The molecular formula is C29H29Cl2N5O2S. The van der Waals surface area contributed by atoms with E-state index in [0.29, 0.717) is 32.3 Å². The minimum absolute atomic E-state index is 0.0380. The fourth-order valence-corrected chi connectivity index (χ4v) is 5.07. The van der Waals surface area contributed by atoms with Gasteiger partial charge in [0.05, 0.1) is 23.6 Å². The van der Waals surface area contributed by atoms with Gasteiger partial charge in [0.2, 0.25) is 0 Å². The van der Waals surface area contributed by atoms with Crippen LogP contribution in [-0.2, 0) is 10.2 Å². The molecule has 4 aromatic rings. The van der Waals surface area contributed by atoms with Gasteiger partial charge in [0.1, 0.15) is 5.75 Å². The van der Waals surface area contributed by atoms with Crippen molar-refractivity contribution in [3.05, 3.63) is 87.9 Å². The van der Waals surface area contributed by atoms with Gasteiger partial charge in [0.25, 0.3) is 5.91 Å². The van der Waals surface area contributed by atoms with Crippen LogP contribution in [0.4, 0.5) is 0 Å². The molecule has 7 nitrogen and oxygen atoms in total. The highest BCUT2D eigenvalue weighted by atomic mass is 35.5. The lowest BCUT2D eigenvalue weighted by Crippen LogP contribution is -2.21. The maximum Gasteiger partial charge on any atom is 0.250 e. The molecule has 4 rings (SSSR count). The summed E-state index contributed by atoms with van der Waals surface area (Å²) in [5.41, 5.74) is 6.88. The van der Waals surface area contributed by atoms with Crippen LogP contribution in [0.2, 0.25) is 10.0 Å². The second kappa shape index (κ2) is 12.2. The summed E-state index contributed by atoms with van der Waals surface area (Å²) in [7, 11) is 1.63. The monoisotopic (exact) mass is 581 g/mol. The van der Waals surface area contributed by atoms with Gasteiger partial charge in [-0.05, 0) is 54.3 Å². The first-order valence-corrected chi connectivity index (χ1v) is 13.9. The number of hydrogen-bond donors (Lipinski definition) is 1. The van der Waals surface area contributed by atoms with E-state index in [1.165, 1.54) is 17.3 Å². The number of methoxy groups -OCH3 is 1. The zero-order valence-corrected chi connectivity index (χ0v) is 24.7. The van der Waals surface area contributed by atoms with Crippen LogP contribution in [-0.4, -0.2) is 39.2 Å². The molecule has 1 heterocycles. The van der Waals surface area contributed by atoms with Crippen LogP contribution in [0.15, 0.2) is 77.0 Å². The third-order valence-corrected chi connectivity index (χ3v) is 7.45. The van der Waals surface area contributed by atoms with Crippen molar-refractivity contribution in [2.75, 3.05) is 12.9 Å². The van der Waals surface area contributed by atoms with Crippen LogP contribution >= 0.6 is 35.0 Å². The molecule has 0 bridgehead atoms. The van der Waals surface area contributed by atoms with Gasteiger partial charge >= 0.3 is 0 Å². The molecule has 0 aliphatic heterocycles. The molecule has 0 unspecified atom stereocenters. The van der Waals surface area contributed by atoms with Gasteiger partial charge in [0, 0.05) is 21.8 Å². The standard InChI is InChI=1S/C29H29Cl2N5O2S/c1-18(24-15-10-21(30)16-25(24)31)32-33-26(37)17-39-28-35-34-27(19-6-8-20(9-7-19)29(2,3)4)36(28)22-11-13-23(38-5)14-12-22/h6-16H,17H2,1-5H3,(H,33,37)/b32-18+. The second-order valence-corrected chi connectivity index (χ2v) is 11.6. The molecular weight excluding hydrogens is 553 g/mol. The number of carbonyl (C=O) groups excluding carboxylic acids is 1. The fourth-order valence-electron chi connectivity index (χ4n) is 3.79. The Hall–Kier alpha value is -3.33. The Labute approximate surface area is 242 Å². The Morgan fingerprint density at radius 2 is 1.72 bits per heavy atom. The SMILES string of the molecule is COc1ccc(-n2c(SCC(=O)N/N=C(\C)c3ccc(Cl)cc3Cl)nnc2-c2ccc(C(C)(C)C)cc2)cc1. The summed E-state index contributed by atoms with van der Waals surface area (Å²) in [4.78, 5) is 12.7. The first-order valence-electron chi connectivity index (χ1n) is 12.2. The van der Waals surface area contributed by atoms with Gasteiger partial charge in [-0.1, -0.05) is 86.1 Å². The van der Waals surface area contributed by atoms with E-state index in [9.17, 15) is 4.79 Å². The zero-order valence-electron chi connectivity index (χ0n) is 22.3. The van der Waals surface area contributed by atoms with E-state index in [2.05, 4.69) is 53.6 Å². The number of ether oxygens (including phenoxy) is 1. The summed E-state index contributed by atoms with van der Waals surface area (Å²) >= 11 is 13.5. The Balaban J connectivity index is 1.56. The van der Waals surface area contributed by atoms with Crippen LogP contribution in [0.1, 0.15) is 38.8 Å². The van der Waals surface area contributed by atoms with E-state index in [1.807, 2.05) is 41.0 Å². The molecule has 0 atom stereocenters. The van der Waals surface area contributed by atoms with Crippen molar-refractivity contribution in [1.29, 1.82) is 0 Å². The van der Waals surface area contributed by atoms with Gasteiger partial charge in [-0.3, -0.25) is 9.36 Å². The highest BCUT2D eigenvalue weighted by molar-refractivity contribution is 7.99. The number of hydrazone groups is 1. The first-order chi connectivity index (χ1) is 18.6. The van der Waals surface area contributed by atoms with Gasteiger partial charge in [-0.2, -0.15) is 5.10 Å². The third-order valence-electron chi connectivity index (χ3n) is 5.97. The Morgan fingerprint density at radius 3 is 2.33 bits per heavy atom. The minimum atomic E-state index is -0.287. The average molecular weight is 583 g/mol. The molecule has 0 radical (unpaired) electrons. The third kappa shape index (κ3) is 7.01. The van der Waals surface area contributed by atoms with E-state index < -0.39 is 0 Å². The summed E-state index contributed by atoms with van der Waals surface area (Å²) in [5.74, 6) is 1.22. The number of carbonyl (C=O) groups is 1. The molecule has 1 amide bonds. The summed E-state index contributed by atoms with van der Waals surface area (Å²) in [6.07, 6.45) is 0. The predicted octanol–water partition coefficient (Wildman–Crippen LogP) is 7.18. The number of hydrogen-bond acceptors (Lipinski definition) is 6. The Bertz CT molecular complexity index is 1490. The van der Waals surface area contributed by atoms with Crippen LogP contribution < -0.4 is 10.2 Å². The number of aromatic nitrogens is 3. The molecule has 1 N–H and O–H groups in total. The quantitative estimate of drug-likeness (QED) is 0.135. The van der Waals surface area contributed by atoms with Crippen molar-refractivity contribution in [2.24, 2.45) is 5.10 Å². The maximum atomic E-state index is 12.7. The summed E-state index contributed by atoms with van der Waals surface area (Å²) in [6.45, 7) is 8.30. The molecule has 3 aromatic carbocycles. The maximum absolute atomic E-state index is 12.7. The topological polar surface area (TPSA) is 81.4 Å². The largest absolute Gasteiger partial charge is 0.497 e. The number of halogens is 2. The van der Waals surface area contributed by atoms with Crippen LogP contribution in [0.3, 0.4) is 0 Å². The molecule has 0 spiro atoms. The molecule has 1 aromatic heterocycles. The second-order valence-electron chi connectivity index (χ2n) is 9.81. The molecule has 0 aliphatic rings. The summed E-state index contributed by atoms with van der Waals surface area (Å²) < 4.78 is 7.26. The molecule has 0 saturated carbocycles. The molecule has 0 fully saturated rings. The van der Waals surface area contributed by atoms with Crippen molar-refractivity contribution < 1.29 is 9.53 Å². The summed E-state index contributed by atoms with van der Waals surface area (Å²) in [6, 6.07) is 21.0. The molecule has 10 heteroatoms. The van der Waals surface area contributed by atoms with Gasteiger partial charge in [-0.15, -0.1) is 10.2 Å². The zero-order chi connectivity index (χ0) is 28.2. The van der Waals surface area contributed by atoms with Crippen LogP contribution in [0, 0.1) is 0 Å². The average Bonchev–Trinajstić information content (AvgIpc) is 3.34. The van der Waals surface area contributed by atoms with E-state index in [1.54, 1.807) is 32.2 Å². The Morgan fingerprint density at radius 1 is 1.03 bits per heavy atom. The molecule has 0 aliphatic carbocycles. The van der Waals surface area contributed by atoms with Gasteiger partial charge in [0.15, 0.2) is 11.0 Å². The van der Waals surface area contributed by atoms with Crippen molar-refractivity contribution >= 4 is 46.6 Å². The number of nitrogens with zero attached hydrogens (tertiary/aromatic N) is 4. The van der Waals surface area contributed by atoms with E-state index >= 15 is 0 Å². The fraction of sp³-hybridized carbons (Fsp3) is 0.241. The van der Waals surface area contributed by atoms with E-state index in [4.69, 9.17) is 27.9 Å². The lowest BCUT2D eigenvalue weighted by molar-refractivity contribution is -0.118. The van der Waals surface area contributed by atoms with Crippen molar-refractivity contribution in [3.8, 4) is 22.8 Å². The lowest BCUT2D eigenvalue weighted by atomic mass is 9.87. The highest BCUT2D eigenvalue weighted by Gasteiger charge is 2.19.